The average Bonchev–Trinajstić information content (AvgIpc) is 2.68. The molecule has 0 radical (unpaired) electrons. The van der Waals surface area contributed by atoms with Gasteiger partial charge in [0, 0.05) is 24.1 Å². The highest BCUT2D eigenvalue weighted by atomic mass is 16.1. The quantitative estimate of drug-likeness (QED) is 0.746. The molecule has 1 heterocycles. The standard InChI is InChI=1S/C20H16N4O/c21-13-15-6-8-17(9-7-15)24-20(25)19-12-18(10-11-22-19)23-14-16-4-2-1-3-5-16/h1-12H,14H2,(H,22,23)(H,24,25). The fourth-order valence-electron chi connectivity index (χ4n) is 2.29. The molecule has 3 aromatic rings. The minimum absolute atomic E-state index is 0.298. The van der Waals surface area contributed by atoms with Crippen molar-refractivity contribution in [2.45, 2.75) is 6.54 Å². The third-order valence-electron chi connectivity index (χ3n) is 3.60. The molecule has 0 unspecified atom stereocenters. The van der Waals surface area contributed by atoms with E-state index in [-0.39, 0.29) is 5.91 Å². The van der Waals surface area contributed by atoms with Crippen molar-refractivity contribution in [2.24, 2.45) is 0 Å². The lowest BCUT2D eigenvalue weighted by Crippen LogP contribution is -2.14. The Kier molecular flexibility index (Phi) is 5.03. The highest BCUT2D eigenvalue weighted by Crippen LogP contribution is 2.13. The first-order chi connectivity index (χ1) is 12.2. The van der Waals surface area contributed by atoms with Gasteiger partial charge >= 0.3 is 0 Å². The number of nitrogens with zero attached hydrogens (tertiary/aromatic N) is 2. The van der Waals surface area contributed by atoms with Gasteiger partial charge in [0.2, 0.25) is 0 Å². The number of hydrogen-bond acceptors (Lipinski definition) is 4. The predicted molar refractivity (Wildman–Crippen MR) is 97.1 cm³/mol. The number of carbonyl (C=O) groups is 1. The second-order valence-corrected chi connectivity index (χ2v) is 5.41. The van der Waals surface area contributed by atoms with E-state index in [2.05, 4.69) is 15.6 Å². The fraction of sp³-hybridized carbons (Fsp3) is 0.0500. The van der Waals surface area contributed by atoms with Crippen LogP contribution in [0.4, 0.5) is 11.4 Å². The Hall–Kier alpha value is -3.65. The number of nitriles is 1. The number of pyridine rings is 1. The number of nitrogens with one attached hydrogen (secondary N) is 2. The Morgan fingerprint density at radius 3 is 2.48 bits per heavy atom. The molecule has 0 aliphatic heterocycles. The third-order valence-corrected chi connectivity index (χ3v) is 3.60. The minimum atomic E-state index is -0.298. The number of hydrogen-bond donors (Lipinski definition) is 2. The number of carbonyl (C=O) groups excluding carboxylic acids is 1. The highest BCUT2D eigenvalue weighted by molar-refractivity contribution is 6.03. The SMILES string of the molecule is N#Cc1ccc(NC(=O)c2cc(NCc3ccccc3)ccn2)cc1. The minimum Gasteiger partial charge on any atom is -0.381 e. The van der Waals surface area contributed by atoms with Gasteiger partial charge in [0.05, 0.1) is 11.6 Å². The second-order valence-electron chi connectivity index (χ2n) is 5.41. The van der Waals surface area contributed by atoms with Crippen LogP contribution in [0.25, 0.3) is 0 Å². The summed E-state index contributed by atoms with van der Waals surface area (Å²) in [5, 5.41) is 14.8. The lowest BCUT2D eigenvalue weighted by Gasteiger charge is -2.09. The van der Waals surface area contributed by atoms with Crippen molar-refractivity contribution >= 4 is 17.3 Å². The summed E-state index contributed by atoms with van der Waals surface area (Å²) >= 11 is 0. The number of benzene rings is 2. The lowest BCUT2D eigenvalue weighted by atomic mass is 10.2. The van der Waals surface area contributed by atoms with Crippen LogP contribution in [0.2, 0.25) is 0 Å². The number of rotatable bonds is 5. The van der Waals surface area contributed by atoms with Crippen molar-refractivity contribution < 1.29 is 4.79 Å². The summed E-state index contributed by atoms with van der Waals surface area (Å²) in [6.07, 6.45) is 1.60. The topological polar surface area (TPSA) is 77.8 Å². The van der Waals surface area contributed by atoms with E-state index in [1.807, 2.05) is 42.5 Å². The zero-order chi connectivity index (χ0) is 17.5. The van der Waals surface area contributed by atoms with Crippen LogP contribution >= 0.6 is 0 Å². The molecule has 25 heavy (non-hydrogen) atoms. The van der Waals surface area contributed by atoms with Gasteiger partial charge in [0.25, 0.3) is 5.91 Å². The Morgan fingerprint density at radius 2 is 1.76 bits per heavy atom. The molecule has 122 valence electrons. The van der Waals surface area contributed by atoms with Crippen molar-refractivity contribution in [1.29, 1.82) is 5.26 Å². The van der Waals surface area contributed by atoms with Crippen LogP contribution in [0.1, 0.15) is 21.6 Å². The lowest BCUT2D eigenvalue weighted by molar-refractivity contribution is 0.102. The number of anilines is 2. The van der Waals surface area contributed by atoms with Gasteiger partial charge < -0.3 is 10.6 Å². The Balaban J connectivity index is 1.65. The fourth-order valence-corrected chi connectivity index (χ4v) is 2.29. The molecule has 5 nitrogen and oxygen atoms in total. The first kappa shape index (κ1) is 16.2. The number of amides is 1. The van der Waals surface area contributed by atoms with Crippen molar-refractivity contribution in [2.75, 3.05) is 10.6 Å². The van der Waals surface area contributed by atoms with Gasteiger partial charge in [-0.15, -0.1) is 0 Å². The summed E-state index contributed by atoms with van der Waals surface area (Å²) in [6, 6.07) is 22.3. The molecule has 0 fully saturated rings. The molecule has 0 saturated carbocycles. The monoisotopic (exact) mass is 328 g/mol. The van der Waals surface area contributed by atoms with Gasteiger partial charge in [-0.05, 0) is 42.0 Å². The van der Waals surface area contributed by atoms with Crippen LogP contribution in [-0.4, -0.2) is 10.9 Å². The molecule has 0 spiro atoms. The summed E-state index contributed by atoms with van der Waals surface area (Å²) in [6.45, 7) is 0.668. The zero-order valence-electron chi connectivity index (χ0n) is 13.4. The Labute approximate surface area is 146 Å². The highest BCUT2D eigenvalue weighted by Gasteiger charge is 2.08. The molecule has 2 aromatic carbocycles. The number of aromatic nitrogens is 1. The van der Waals surface area contributed by atoms with Crippen LogP contribution < -0.4 is 10.6 Å². The maximum atomic E-state index is 12.3. The normalized spacial score (nSPS) is 9.88. The largest absolute Gasteiger partial charge is 0.381 e. The molecule has 0 aliphatic carbocycles. The van der Waals surface area contributed by atoms with Crippen LogP contribution in [0, 0.1) is 11.3 Å². The Bertz CT molecular complexity index is 899. The zero-order valence-corrected chi connectivity index (χ0v) is 13.4. The average molecular weight is 328 g/mol. The maximum Gasteiger partial charge on any atom is 0.274 e. The molecule has 3 rings (SSSR count). The molecule has 5 heteroatoms. The molecular formula is C20H16N4O. The van der Waals surface area contributed by atoms with Crippen molar-refractivity contribution in [3.63, 3.8) is 0 Å². The van der Waals surface area contributed by atoms with E-state index in [1.54, 1.807) is 36.5 Å². The molecule has 0 aliphatic rings. The van der Waals surface area contributed by atoms with Crippen molar-refractivity contribution in [3.8, 4) is 6.07 Å². The van der Waals surface area contributed by atoms with Crippen LogP contribution in [0.5, 0.6) is 0 Å². The first-order valence-corrected chi connectivity index (χ1v) is 7.80. The van der Waals surface area contributed by atoms with Gasteiger partial charge in [0.1, 0.15) is 5.69 Å². The summed E-state index contributed by atoms with van der Waals surface area (Å²) in [5.41, 5.74) is 3.46. The van der Waals surface area contributed by atoms with Gasteiger partial charge in [0.15, 0.2) is 0 Å². The predicted octanol–water partition coefficient (Wildman–Crippen LogP) is 3.82. The molecular weight excluding hydrogens is 312 g/mol. The molecule has 2 N–H and O–H groups in total. The molecule has 1 aromatic heterocycles. The molecule has 0 bridgehead atoms. The molecule has 1 amide bonds. The summed E-state index contributed by atoms with van der Waals surface area (Å²) < 4.78 is 0. The van der Waals surface area contributed by atoms with E-state index in [4.69, 9.17) is 5.26 Å². The Morgan fingerprint density at radius 1 is 1.00 bits per heavy atom. The van der Waals surface area contributed by atoms with Crippen LogP contribution in [0.3, 0.4) is 0 Å². The smallest absolute Gasteiger partial charge is 0.274 e. The van der Waals surface area contributed by atoms with Gasteiger partial charge in [-0.1, -0.05) is 30.3 Å². The van der Waals surface area contributed by atoms with E-state index in [0.29, 0.717) is 23.5 Å². The second kappa shape index (κ2) is 7.75. The summed E-state index contributed by atoms with van der Waals surface area (Å²) in [7, 11) is 0. The maximum absolute atomic E-state index is 12.3. The first-order valence-electron chi connectivity index (χ1n) is 7.80. The van der Waals surface area contributed by atoms with E-state index < -0.39 is 0 Å². The van der Waals surface area contributed by atoms with Crippen LogP contribution in [-0.2, 0) is 6.54 Å². The van der Waals surface area contributed by atoms with Gasteiger partial charge in [-0.3, -0.25) is 9.78 Å². The van der Waals surface area contributed by atoms with Crippen LogP contribution in [0.15, 0.2) is 72.9 Å². The van der Waals surface area contributed by atoms with E-state index in [0.717, 1.165) is 11.3 Å². The van der Waals surface area contributed by atoms with E-state index in [1.165, 1.54) is 0 Å². The summed E-state index contributed by atoms with van der Waals surface area (Å²) in [4.78, 5) is 16.4. The van der Waals surface area contributed by atoms with E-state index in [9.17, 15) is 4.79 Å². The third kappa shape index (κ3) is 4.43. The van der Waals surface area contributed by atoms with Gasteiger partial charge in [-0.25, -0.2) is 0 Å². The van der Waals surface area contributed by atoms with Crippen molar-refractivity contribution in [1.82, 2.24) is 4.98 Å². The van der Waals surface area contributed by atoms with Gasteiger partial charge in [-0.2, -0.15) is 5.26 Å². The molecule has 0 atom stereocenters. The van der Waals surface area contributed by atoms with Crippen molar-refractivity contribution in [3.05, 3.63) is 89.7 Å². The summed E-state index contributed by atoms with van der Waals surface area (Å²) in [5.74, 6) is -0.298. The van der Waals surface area contributed by atoms with E-state index >= 15 is 0 Å². The molecule has 0 saturated heterocycles.